The van der Waals surface area contributed by atoms with E-state index in [9.17, 15) is 13.5 Å². The molecule has 3 atom stereocenters. The van der Waals surface area contributed by atoms with Crippen LogP contribution >= 0.6 is 0 Å². The second kappa shape index (κ2) is 5.33. The molecule has 2 aromatic carbocycles. The maximum atomic E-state index is 12.9. The van der Waals surface area contributed by atoms with Crippen LogP contribution in [-0.2, 0) is 10.0 Å². The third-order valence-electron chi connectivity index (χ3n) is 4.81. The SMILES string of the molecule is O=S(=O)(c1ccccc1)N1[C@H](CO)[C@@H]2c3ccccc3NC[C@@H]21. The zero-order chi connectivity index (χ0) is 16.0. The Hall–Kier alpha value is -1.89. The van der Waals surface area contributed by atoms with Gasteiger partial charge < -0.3 is 10.4 Å². The number of benzene rings is 2. The predicted octanol–water partition coefficient (Wildman–Crippen LogP) is 1.63. The Balaban J connectivity index is 1.73. The number of aliphatic hydroxyl groups excluding tert-OH is 1. The molecule has 0 amide bonds. The molecule has 0 aromatic heterocycles. The minimum absolute atomic E-state index is 0.0379. The summed E-state index contributed by atoms with van der Waals surface area (Å²) < 4.78 is 27.3. The third-order valence-corrected chi connectivity index (χ3v) is 6.77. The van der Waals surface area contributed by atoms with Gasteiger partial charge in [0.1, 0.15) is 0 Å². The van der Waals surface area contributed by atoms with Gasteiger partial charge in [0.05, 0.1) is 23.6 Å². The molecule has 0 aliphatic carbocycles. The lowest BCUT2D eigenvalue weighted by Crippen LogP contribution is -2.68. The Bertz CT molecular complexity index is 823. The number of anilines is 1. The van der Waals surface area contributed by atoms with Crippen LogP contribution in [0.3, 0.4) is 0 Å². The van der Waals surface area contributed by atoms with Crippen LogP contribution < -0.4 is 5.32 Å². The van der Waals surface area contributed by atoms with E-state index in [2.05, 4.69) is 5.32 Å². The predicted molar refractivity (Wildman–Crippen MR) is 87.8 cm³/mol. The molecular formula is C17H18N2O3S. The summed E-state index contributed by atoms with van der Waals surface area (Å²) >= 11 is 0. The van der Waals surface area contributed by atoms with E-state index in [4.69, 9.17) is 0 Å². The first-order chi connectivity index (χ1) is 11.1. The van der Waals surface area contributed by atoms with Crippen molar-refractivity contribution in [3.8, 4) is 0 Å². The molecule has 1 saturated heterocycles. The second-order valence-corrected chi connectivity index (χ2v) is 7.80. The van der Waals surface area contributed by atoms with Crippen molar-refractivity contribution in [3.63, 3.8) is 0 Å². The van der Waals surface area contributed by atoms with E-state index in [-0.39, 0.29) is 23.5 Å². The minimum atomic E-state index is -3.60. The Kier molecular flexibility index (Phi) is 3.41. The van der Waals surface area contributed by atoms with Gasteiger partial charge >= 0.3 is 0 Å². The summed E-state index contributed by atoms with van der Waals surface area (Å²) in [5, 5.41) is 13.1. The number of fused-ring (bicyclic) bond motifs is 3. The highest BCUT2D eigenvalue weighted by atomic mass is 32.2. The van der Waals surface area contributed by atoms with Gasteiger partial charge in [0.25, 0.3) is 0 Å². The van der Waals surface area contributed by atoms with Crippen LogP contribution in [0.15, 0.2) is 59.5 Å². The molecule has 2 aliphatic rings. The average Bonchev–Trinajstić information content (AvgIpc) is 2.56. The molecular weight excluding hydrogens is 312 g/mol. The van der Waals surface area contributed by atoms with Gasteiger partial charge in [0.2, 0.25) is 10.0 Å². The molecule has 2 aromatic rings. The molecule has 0 saturated carbocycles. The van der Waals surface area contributed by atoms with Crippen molar-refractivity contribution >= 4 is 15.7 Å². The number of nitrogens with one attached hydrogen (secondary N) is 1. The van der Waals surface area contributed by atoms with Crippen LogP contribution in [0.1, 0.15) is 11.5 Å². The number of nitrogens with zero attached hydrogens (tertiary/aromatic N) is 1. The Morgan fingerprint density at radius 2 is 1.78 bits per heavy atom. The molecule has 2 aliphatic heterocycles. The van der Waals surface area contributed by atoms with Gasteiger partial charge in [-0.05, 0) is 23.8 Å². The van der Waals surface area contributed by atoms with Crippen molar-refractivity contribution in [2.24, 2.45) is 0 Å². The molecule has 0 radical (unpaired) electrons. The lowest BCUT2D eigenvalue weighted by molar-refractivity contribution is 0.0323. The second-order valence-electron chi connectivity index (χ2n) is 5.96. The maximum absolute atomic E-state index is 12.9. The van der Waals surface area contributed by atoms with Gasteiger partial charge in [-0.25, -0.2) is 8.42 Å². The van der Waals surface area contributed by atoms with Gasteiger partial charge in [0, 0.05) is 18.2 Å². The molecule has 2 N–H and O–H groups in total. The molecule has 4 rings (SSSR count). The number of rotatable bonds is 3. The Morgan fingerprint density at radius 3 is 2.52 bits per heavy atom. The fourth-order valence-electron chi connectivity index (χ4n) is 3.78. The summed E-state index contributed by atoms with van der Waals surface area (Å²) in [6, 6.07) is 15.8. The average molecular weight is 330 g/mol. The normalized spacial score (nSPS) is 26.6. The van der Waals surface area contributed by atoms with E-state index >= 15 is 0 Å². The van der Waals surface area contributed by atoms with Crippen LogP contribution in [0.25, 0.3) is 0 Å². The lowest BCUT2D eigenvalue weighted by atomic mass is 9.75. The van der Waals surface area contributed by atoms with E-state index in [0.717, 1.165) is 11.3 Å². The Morgan fingerprint density at radius 1 is 1.09 bits per heavy atom. The molecule has 0 bridgehead atoms. The Labute approximate surface area is 135 Å². The summed E-state index contributed by atoms with van der Waals surface area (Å²) in [5.41, 5.74) is 2.12. The topological polar surface area (TPSA) is 69.6 Å². The first kappa shape index (κ1) is 14.7. The standard InChI is InChI=1S/C17H18N2O3S/c20-11-16-17-13-8-4-5-9-14(13)18-10-15(17)19(16)23(21,22)12-6-2-1-3-7-12/h1-9,15-18,20H,10-11H2/t15-,16+,17+/m0/s1. The summed E-state index contributed by atoms with van der Waals surface area (Å²) in [6.07, 6.45) is 0. The van der Waals surface area contributed by atoms with Crippen LogP contribution in [0.5, 0.6) is 0 Å². The quantitative estimate of drug-likeness (QED) is 0.897. The summed E-state index contributed by atoms with van der Waals surface area (Å²) in [4.78, 5) is 0.274. The fourth-order valence-corrected chi connectivity index (χ4v) is 5.64. The van der Waals surface area contributed by atoms with Gasteiger partial charge in [-0.15, -0.1) is 0 Å². The highest BCUT2D eigenvalue weighted by molar-refractivity contribution is 7.89. The molecule has 0 spiro atoms. The maximum Gasteiger partial charge on any atom is 0.243 e. The van der Waals surface area contributed by atoms with Crippen LogP contribution in [0.2, 0.25) is 0 Å². The zero-order valence-electron chi connectivity index (χ0n) is 12.5. The zero-order valence-corrected chi connectivity index (χ0v) is 13.3. The number of hydrogen-bond acceptors (Lipinski definition) is 4. The first-order valence-corrected chi connectivity index (χ1v) is 9.11. The smallest absolute Gasteiger partial charge is 0.243 e. The van der Waals surface area contributed by atoms with Gasteiger partial charge in [-0.2, -0.15) is 4.31 Å². The van der Waals surface area contributed by atoms with E-state index in [1.165, 1.54) is 4.31 Å². The van der Waals surface area contributed by atoms with Gasteiger partial charge in [-0.3, -0.25) is 0 Å². The molecule has 120 valence electrons. The summed E-state index contributed by atoms with van der Waals surface area (Å²) in [5.74, 6) is 0.0379. The molecule has 5 nitrogen and oxygen atoms in total. The molecule has 0 unspecified atom stereocenters. The fraction of sp³-hybridized carbons (Fsp3) is 0.294. The van der Waals surface area contributed by atoms with Crippen molar-refractivity contribution < 1.29 is 13.5 Å². The highest BCUT2D eigenvalue weighted by Crippen LogP contribution is 2.48. The largest absolute Gasteiger partial charge is 0.395 e. The monoisotopic (exact) mass is 330 g/mol. The van der Waals surface area contributed by atoms with Crippen molar-refractivity contribution in [1.82, 2.24) is 4.31 Å². The number of sulfonamides is 1. The van der Waals surface area contributed by atoms with Crippen LogP contribution in [0.4, 0.5) is 5.69 Å². The molecule has 2 heterocycles. The number of aliphatic hydroxyl groups is 1. The number of hydrogen-bond donors (Lipinski definition) is 2. The molecule has 23 heavy (non-hydrogen) atoms. The van der Waals surface area contributed by atoms with E-state index < -0.39 is 16.1 Å². The van der Waals surface area contributed by atoms with Gasteiger partial charge in [0.15, 0.2) is 0 Å². The van der Waals surface area contributed by atoms with Crippen molar-refractivity contribution in [1.29, 1.82) is 0 Å². The third kappa shape index (κ3) is 2.09. The summed E-state index contributed by atoms with van der Waals surface area (Å²) in [6.45, 7) is 0.381. The van der Waals surface area contributed by atoms with E-state index in [0.29, 0.717) is 6.54 Å². The van der Waals surface area contributed by atoms with Gasteiger partial charge in [-0.1, -0.05) is 36.4 Å². The minimum Gasteiger partial charge on any atom is -0.395 e. The molecule has 6 heteroatoms. The molecule has 1 fully saturated rings. The lowest BCUT2D eigenvalue weighted by Gasteiger charge is -2.56. The number of para-hydroxylation sites is 1. The van der Waals surface area contributed by atoms with E-state index in [1.807, 2.05) is 24.3 Å². The van der Waals surface area contributed by atoms with E-state index in [1.54, 1.807) is 30.3 Å². The van der Waals surface area contributed by atoms with Crippen LogP contribution in [-0.4, -0.2) is 43.1 Å². The highest BCUT2D eigenvalue weighted by Gasteiger charge is 2.56. The summed E-state index contributed by atoms with van der Waals surface area (Å²) in [7, 11) is -3.60. The van der Waals surface area contributed by atoms with Crippen molar-refractivity contribution in [2.75, 3.05) is 18.5 Å². The first-order valence-electron chi connectivity index (χ1n) is 7.67. The van der Waals surface area contributed by atoms with Crippen LogP contribution in [0, 0.1) is 0 Å². The van der Waals surface area contributed by atoms with Crippen molar-refractivity contribution in [2.45, 2.75) is 22.9 Å². The van der Waals surface area contributed by atoms with Crippen molar-refractivity contribution in [3.05, 3.63) is 60.2 Å².